The summed E-state index contributed by atoms with van der Waals surface area (Å²) in [6.07, 6.45) is 0. The van der Waals surface area contributed by atoms with E-state index in [-0.39, 0.29) is 50.4 Å². The molecule has 0 aliphatic heterocycles. The summed E-state index contributed by atoms with van der Waals surface area (Å²) in [7, 11) is 0. The molecule has 0 atom stereocenters. The Morgan fingerprint density at radius 3 is 1.00 bits per heavy atom. The molecule has 0 unspecified atom stereocenters. The largest absolute Gasteiger partial charge is 4.00 e. The Morgan fingerprint density at radius 1 is 1.00 bits per heavy atom. The third kappa shape index (κ3) is 53.5. The van der Waals surface area contributed by atoms with Gasteiger partial charge in [0, 0.05) is 0 Å². The van der Waals surface area contributed by atoms with Crippen LogP contribution in [-0.2, 0) is 5.48 Å². The minimum absolute atomic E-state index is 0. The quantitative estimate of drug-likeness (QED) is 0.330. The summed E-state index contributed by atoms with van der Waals surface area (Å²) in [5.74, 6) is 0. The van der Waals surface area contributed by atoms with E-state index in [1.54, 1.807) is 0 Å². The Hall–Kier alpha value is 0.863. The number of hydrogen-bond donors (Lipinski definition) is 0. The third-order valence-electron chi connectivity index (χ3n) is 0. The van der Waals surface area contributed by atoms with Crippen molar-refractivity contribution < 1.29 is 16.4 Å². The van der Waals surface area contributed by atoms with Gasteiger partial charge in [-0.3, -0.25) is 0 Å². The fourth-order valence-corrected chi connectivity index (χ4v) is 0. The molecule has 0 aromatic heterocycles. The fraction of sp³-hybridized carbons (Fsp3) is 0. The van der Waals surface area contributed by atoms with Crippen LogP contribution in [0, 0.1) is 0 Å². The molecular weight excluding hydrogens is 100 g/mol. The molecule has 0 fully saturated rings. The molecule has 0 rings (SSSR count). The second-order valence-corrected chi connectivity index (χ2v) is 0. The third-order valence-corrected chi connectivity index (χ3v) is 0. The van der Waals surface area contributed by atoms with Crippen molar-refractivity contribution in [1.82, 2.24) is 0 Å². The van der Waals surface area contributed by atoms with E-state index in [1.807, 2.05) is 0 Å². The zero-order chi connectivity index (χ0) is 0. The van der Waals surface area contributed by atoms with E-state index < -0.39 is 0 Å². The summed E-state index contributed by atoms with van der Waals surface area (Å²) >= 11 is 0. The van der Waals surface area contributed by atoms with E-state index in [0.717, 1.165) is 0 Å². The molecule has 3 N–H and O–H groups in total. The molecule has 5 heavy (non-hydrogen) atoms. The zero-order valence-electron chi connectivity index (χ0n) is 2.56. The second kappa shape index (κ2) is 97.4. The molecule has 0 saturated heterocycles. The summed E-state index contributed by atoms with van der Waals surface area (Å²) in [4.78, 5) is 0. The Morgan fingerprint density at radius 2 is 1.00 bits per heavy atom. The SMILES string of the molecule is O.[Mg+2].[O-2].[OH-].[Si+4]. The van der Waals surface area contributed by atoms with Crippen molar-refractivity contribution in [3.05, 3.63) is 0 Å². The Kier molecular flexibility index (Phi) is 3630. The maximum atomic E-state index is 0. The van der Waals surface area contributed by atoms with Gasteiger partial charge in [-0.05, 0) is 0 Å². The van der Waals surface area contributed by atoms with Crippen LogP contribution in [0.3, 0.4) is 0 Å². The molecule has 0 amide bonds. The van der Waals surface area contributed by atoms with Crippen LogP contribution in [0.2, 0.25) is 0 Å². The van der Waals surface area contributed by atoms with Crippen LogP contribution in [0.5, 0.6) is 0 Å². The predicted molar refractivity (Wildman–Crippen MR) is 17.7 cm³/mol. The first-order valence-corrected chi connectivity index (χ1v) is 0. The molecule has 0 radical (unpaired) electrons. The molecule has 0 aliphatic carbocycles. The average molecular weight is 103 g/mol. The first-order chi connectivity index (χ1) is 0. The minimum atomic E-state index is 0. The Labute approximate surface area is 50.9 Å². The van der Waals surface area contributed by atoms with Crippen LogP contribution in [0.25, 0.3) is 0 Å². The van der Waals surface area contributed by atoms with Crippen LogP contribution < -0.4 is 0 Å². The summed E-state index contributed by atoms with van der Waals surface area (Å²) in [5.41, 5.74) is 0. The molecular formula is H3MgO3Si+3. The van der Waals surface area contributed by atoms with Gasteiger partial charge in [0.2, 0.25) is 0 Å². The maximum absolute atomic E-state index is 0. The molecule has 3 nitrogen and oxygen atoms in total. The van der Waals surface area contributed by atoms with E-state index >= 15 is 0 Å². The van der Waals surface area contributed by atoms with Gasteiger partial charge in [-0.1, -0.05) is 0 Å². The monoisotopic (exact) mass is 103 g/mol. The van der Waals surface area contributed by atoms with Crippen molar-refractivity contribution in [3.8, 4) is 0 Å². The molecule has 0 aromatic rings. The van der Waals surface area contributed by atoms with Crippen molar-refractivity contribution in [1.29, 1.82) is 0 Å². The van der Waals surface area contributed by atoms with Gasteiger partial charge in [-0.25, -0.2) is 0 Å². The molecule has 0 heterocycles. The summed E-state index contributed by atoms with van der Waals surface area (Å²) in [5, 5.41) is 0. The first kappa shape index (κ1) is 186. The summed E-state index contributed by atoms with van der Waals surface area (Å²) in [6.45, 7) is 0. The molecule has 0 spiro atoms. The van der Waals surface area contributed by atoms with E-state index in [0.29, 0.717) is 0 Å². The molecule has 24 valence electrons. The molecule has 0 saturated carbocycles. The Bertz CT molecular complexity index is 6.85. The van der Waals surface area contributed by atoms with E-state index in [9.17, 15) is 0 Å². The van der Waals surface area contributed by atoms with Gasteiger partial charge in [-0.15, -0.1) is 0 Å². The molecule has 0 aliphatic rings. The van der Waals surface area contributed by atoms with E-state index in [2.05, 4.69) is 0 Å². The van der Waals surface area contributed by atoms with Gasteiger partial charge in [-0.2, -0.15) is 0 Å². The maximum Gasteiger partial charge on any atom is 4.00 e. The summed E-state index contributed by atoms with van der Waals surface area (Å²) in [6, 6.07) is 0. The van der Waals surface area contributed by atoms with E-state index in [1.165, 1.54) is 0 Å². The van der Waals surface area contributed by atoms with Crippen LogP contribution in [-0.4, -0.2) is 45.0 Å². The van der Waals surface area contributed by atoms with Crippen molar-refractivity contribution >= 4 is 34.0 Å². The van der Waals surface area contributed by atoms with Crippen LogP contribution >= 0.6 is 0 Å². The topological polar surface area (TPSA) is 90.0 Å². The average Bonchev–Trinajstić information content (AvgIpc) is 0. The second-order valence-electron chi connectivity index (χ2n) is 0. The van der Waals surface area contributed by atoms with Gasteiger partial charge in [0.05, 0.1) is 0 Å². The number of hydrogen-bond acceptors (Lipinski definition) is 1. The standard InChI is InChI=1S/Mg.2H2O.O.Si/h;2*1H2;;/q+2;;;-2;+4/p-1. The molecule has 0 aromatic carbocycles. The number of rotatable bonds is 0. The molecule has 5 heteroatoms. The van der Waals surface area contributed by atoms with Gasteiger partial charge in [0.1, 0.15) is 0 Å². The van der Waals surface area contributed by atoms with Gasteiger partial charge < -0.3 is 16.4 Å². The normalized spacial score (nSPS) is 0. The van der Waals surface area contributed by atoms with Crippen LogP contribution in [0.1, 0.15) is 0 Å². The van der Waals surface area contributed by atoms with Gasteiger partial charge in [0.25, 0.3) is 0 Å². The van der Waals surface area contributed by atoms with Gasteiger partial charge in [0.15, 0.2) is 0 Å². The smallest absolute Gasteiger partial charge is 2.00 e. The van der Waals surface area contributed by atoms with Crippen LogP contribution in [0.4, 0.5) is 0 Å². The van der Waals surface area contributed by atoms with Crippen molar-refractivity contribution in [2.24, 2.45) is 0 Å². The molecule has 0 bridgehead atoms. The van der Waals surface area contributed by atoms with Crippen LogP contribution in [0.15, 0.2) is 0 Å². The summed E-state index contributed by atoms with van der Waals surface area (Å²) < 4.78 is 0. The first-order valence-electron chi connectivity index (χ1n) is 0. The van der Waals surface area contributed by atoms with E-state index in [4.69, 9.17) is 0 Å². The zero-order valence-corrected chi connectivity index (χ0v) is 4.98. The fourth-order valence-electron chi connectivity index (χ4n) is 0. The van der Waals surface area contributed by atoms with Gasteiger partial charge >= 0.3 is 34.0 Å². The minimum Gasteiger partial charge on any atom is -2.00 e. The van der Waals surface area contributed by atoms with Crippen molar-refractivity contribution in [2.45, 2.75) is 0 Å². The predicted octanol–water partition coefficient (Wildman–Crippen LogP) is -1.88. The Balaban J connectivity index is 0. The van der Waals surface area contributed by atoms with Crippen molar-refractivity contribution in [2.75, 3.05) is 0 Å². The van der Waals surface area contributed by atoms with Crippen molar-refractivity contribution in [3.63, 3.8) is 0 Å².